The Balaban J connectivity index is 1.78. The fourth-order valence-electron chi connectivity index (χ4n) is 3.08. The van der Waals surface area contributed by atoms with Crippen molar-refractivity contribution in [2.24, 2.45) is 0 Å². The molecule has 2 saturated heterocycles. The van der Waals surface area contributed by atoms with E-state index in [1.807, 2.05) is 4.90 Å². The molecule has 0 spiro atoms. The molecule has 0 aliphatic carbocycles. The van der Waals surface area contributed by atoms with E-state index in [4.69, 9.17) is 0 Å². The van der Waals surface area contributed by atoms with Crippen molar-refractivity contribution in [1.29, 1.82) is 0 Å². The molecule has 0 radical (unpaired) electrons. The number of thiophene rings is 1. The fourth-order valence-corrected chi connectivity index (χ4v) is 5.90. The van der Waals surface area contributed by atoms with Gasteiger partial charge in [-0.1, -0.05) is 12.8 Å². The topological polar surface area (TPSA) is 57.7 Å². The van der Waals surface area contributed by atoms with Crippen LogP contribution in [-0.4, -0.2) is 49.7 Å². The van der Waals surface area contributed by atoms with E-state index in [0.29, 0.717) is 22.9 Å². The van der Waals surface area contributed by atoms with Crippen LogP contribution in [0.4, 0.5) is 0 Å². The first-order chi connectivity index (χ1) is 10.6. The van der Waals surface area contributed by atoms with Gasteiger partial charge in [-0.3, -0.25) is 4.79 Å². The zero-order chi connectivity index (χ0) is 15.6. The molecule has 0 atom stereocenters. The zero-order valence-corrected chi connectivity index (χ0v) is 14.3. The van der Waals surface area contributed by atoms with Crippen molar-refractivity contribution >= 4 is 27.3 Å². The molecule has 0 unspecified atom stereocenters. The summed E-state index contributed by atoms with van der Waals surface area (Å²) in [6.45, 7) is 2.75. The summed E-state index contributed by atoms with van der Waals surface area (Å²) in [5, 5.41) is 1.69. The summed E-state index contributed by atoms with van der Waals surface area (Å²) in [7, 11) is -3.44. The average Bonchev–Trinajstić information content (AvgIpc) is 3.13. The van der Waals surface area contributed by atoms with Crippen molar-refractivity contribution in [1.82, 2.24) is 9.21 Å². The smallest absolute Gasteiger partial charge is 0.254 e. The number of hydrogen-bond acceptors (Lipinski definition) is 4. The molecule has 1 aromatic heterocycles. The van der Waals surface area contributed by atoms with Crippen LogP contribution in [0.5, 0.6) is 0 Å². The molecule has 1 amide bonds. The van der Waals surface area contributed by atoms with Crippen LogP contribution < -0.4 is 0 Å². The molecule has 122 valence electrons. The predicted molar refractivity (Wildman–Crippen MR) is 86.7 cm³/mol. The van der Waals surface area contributed by atoms with Crippen molar-refractivity contribution in [3.8, 4) is 0 Å². The van der Waals surface area contributed by atoms with Gasteiger partial charge in [0.25, 0.3) is 15.9 Å². The molecule has 0 aromatic carbocycles. The number of hydrogen-bond donors (Lipinski definition) is 0. The number of rotatable bonds is 3. The molecule has 22 heavy (non-hydrogen) atoms. The summed E-state index contributed by atoms with van der Waals surface area (Å²) in [6, 6.07) is 1.56. The van der Waals surface area contributed by atoms with Crippen LogP contribution in [0.1, 0.15) is 48.9 Å². The Bertz CT molecular complexity index is 625. The van der Waals surface area contributed by atoms with Crippen LogP contribution in [0.2, 0.25) is 0 Å². The number of amides is 1. The molecule has 3 rings (SSSR count). The Kier molecular flexibility index (Phi) is 4.84. The van der Waals surface area contributed by atoms with Gasteiger partial charge in [-0.2, -0.15) is 4.31 Å². The SMILES string of the molecule is O=C(c1csc(S(=O)(=O)N2CCCCCC2)c1)N1CCCC1. The third kappa shape index (κ3) is 3.21. The number of carbonyl (C=O) groups excluding carboxylic acids is 1. The molecule has 3 heterocycles. The maximum Gasteiger partial charge on any atom is 0.254 e. The zero-order valence-electron chi connectivity index (χ0n) is 12.7. The Morgan fingerprint density at radius 2 is 1.55 bits per heavy atom. The van der Waals surface area contributed by atoms with Gasteiger partial charge < -0.3 is 4.90 Å². The number of carbonyl (C=O) groups is 1. The van der Waals surface area contributed by atoms with Crippen LogP contribution in [0.3, 0.4) is 0 Å². The molecule has 2 aliphatic heterocycles. The van der Waals surface area contributed by atoms with Gasteiger partial charge in [0.15, 0.2) is 0 Å². The summed E-state index contributed by atoms with van der Waals surface area (Å²) in [6.07, 6.45) is 6.10. The highest BCUT2D eigenvalue weighted by atomic mass is 32.2. The third-order valence-corrected chi connectivity index (χ3v) is 7.69. The van der Waals surface area contributed by atoms with Gasteiger partial charge >= 0.3 is 0 Å². The van der Waals surface area contributed by atoms with Crippen LogP contribution in [-0.2, 0) is 10.0 Å². The summed E-state index contributed by atoms with van der Waals surface area (Å²) >= 11 is 1.17. The normalized spacial score (nSPS) is 21.0. The van der Waals surface area contributed by atoms with E-state index in [1.165, 1.54) is 11.3 Å². The quantitative estimate of drug-likeness (QED) is 0.848. The first kappa shape index (κ1) is 16.0. The second-order valence-electron chi connectivity index (χ2n) is 5.97. The van der Waals surface area contributed by atoms with Gasteiger partial charge in [0.1, 0.15) is 4.21 Å². The number of sulfonamides is 1. The summed E-state index contributed by atoms with van der Waals surface area (Å²) in [4.78, 5) is 14.2. The maximum absolute atomic E-state index is 12.7. The number of likely N-dealkylation sites (tertiary alicyclic amines) is 1. The van der Waals surface area contributed by atoms with Gasteiger partial charge in [0.2, 0.25) is 0 Å². The van der Waals surface area contributed by atoms with Crippen LogP contribution in [0.15, 0.2) is 15.7 Å². The second-order valence-corrected chi connectivity index (χ2v) is 9.05. The average molecular weight is 342 g/mol. The molecule has 7 heteroatoms. The summed E-state index contributed by atoms with van der Waals surface area (Å²) < 4.78 is 27.3. The highest BCUT2D eigenvalue weighted by molar-refractivity contribution is 7.91. The maximum atomic E-state index is 12.7. The largest absolute Gasteiger partial charge is 0.339 e. The van der Waals surface area contributed by atoms with Crippen LogP contribution >= 0.6 is 11.3 Å². The molecule has 5 nitrogen and oxygen atoms in total. The van der Waals surface area contributed by atoms with Gasteiger partial charge in [0.05, 0.1) is 5.56 Å². The van der Waals surface area contributed by atoms with E-state index in [1.54, 1.807) is 15.8 Å². The lowest BCUT2D eigenvalue weighted by Crippen LogP contribution is -2.31. The Hall–Kier alpha value is -0.920. The predicted octanol–water partition coefficient (Wildman–Crippen LogP) is 2.55. The first-order valence-electron chi connectivity index (χ1n) is 7.97. The standard InChI is InChI=1S/C15H22N2O3S2/c18-15(16-7-5-6-8-16)13-11-14(21-12-13)22(19,20)17-9-3-1-2-4-10-17/h11-12H,1-10H2. The van der Waals surface area contributed by atoms with E-state index >= 15 is 0 Å². The highest BCUT2D eigenvalue weighted by Gasteiger charge is 2.28. The molecule has 0 saturated carbocycles. The summed E-state index contributed by atoms with van der Waals surface area (Å²) in [5.41, 5.74) is 0.514. The van der Waals surface area contributed by atoms with Gasteiger partial charge in [0, 0.05) is 31.6 Å². The van der Waals surface area contributed by atoms with E-state index < -0.39 is 10.0 Å². The molecule has 2 fully saturated rings. The second kappa shape index (κ2) is 6.68. The monoisotopic (exact) mass is 342 g/mol. The lowest BCUT2D eigenvalue weighted by atomic mass is 10.2. The van der Waals surface area contributed by atoms with E-state index in [0.717, 1.165) is 51.6 Å². The fraction of sp³-hybridized carbons (Fsp3) is 0.667. The van der Waals surface area contributed by atoms with Crippen molar-refractivity contribution in [3.63, 3.8) is 0 Å². The van der Waals surface area contributed by atoms with Gasteiger partial charge in [-0.05, 0) is 31.7 Å². The molecule has 1 aromatic rings. The van der Waals surface area contributed by atoms with Crippen molar-refractivity contribution < 1.29 is 13.2 Å². The minimum Gasteiger partial charge on any atom is -0.339 e. The molecule has 0 bridgehead atoms. The van der Waals surface area contributed by atoms with Crippen molar-refractivity contribution in [2.75, 3.05) is 26.2 Å². The van der Waals surface area contributed by atoms with Crippen molar-refractivity contribution in [3.05, 3.63) is 17.0 Å². The number of nitrogens with zero attached hydrogens (tertiary/aromatic N) is 2. The Morgan fingerprint density at radius 1 is 0.955 bits per heavy atom. The van der Waals surface area contributed by atoms with E-state index in [9.17, 15) is 13.2 Å². The minimum atomic E-state index is -3.44. The van der Waals surface area contributed by atoms with Crippen LogP contribution in [0.25, 0.3) is 0 Å². The molecule has 2 aliphatic rings. The lowest BCUT2D eigenvalue weighted by molar-refractivity contribution is 0.0793. The van der Waals surface area contributed by atoms with E-state index in [2.05, 4.69) is 0 Å². The first-order valence-corrected chi connectivity index (χ1v) is 10.3. The Morgan fingerprint density at radius 3 is 2.18 bits per heavy atom. The molecule has 0 N–H and O–H groups in total. The van der Waals surface area contributed by atoms with Crippen molar-refractivity contribution in [2.45, 2.75) is 42.7 Å². The minimum absolute atomic E-state index is 0.0360. The third-order valence-electron chi connectivity index (χ3n) is 4.37. The highest BCUT2D eigenvalue weighted by Crippen LogP contribution is 2.27. The Labute approximate surface area is 136 Å². The van der Waals surface area contributed by atoms with E-state index in [-0.39, 0.29) is 5.91 Å². The van der Waals surface area contributed by atoms with Gasteiger partial charge in [-0.15, -0.1) is 11.3 Å². The molecular weight excluding hydrogens is 320 g/mol. The molecular formula is C15H22N2O3S2. The van der Waals surface area contributed by atoms with Crippen LogP contribution in [0, 0.1) is 0 Å². The summed E-state index contributed by atoms with van der Waals surface area (Å²) in [5.74, 6) is -0.0360. The lowest BCUT2D eigenvalue weighted by Gasteiger charge is -2.18. The van der Waals surface area contributed by atoms with Gasteiger partial charge in [-0.25, -0.2) is 8.42 Å².